The third-order valence-corrected chi connectivity index (χ3v) is 4.54. The molecular formula is C14H15N3O3S. The molecule has 4 rings (SSSR count). The van der Waals surface area contributed by atoms with E-state index in [-0.39, 0.29) is 12.1 Å². The van der Waals surface area contributed by atoms with E-state index in [0.717, 1.165) is 23.8 Å². The third-order valence-electron chi connectivity index (χ3n) is 3.47. The molecule has 1 N–H and O–H groups in total. The number of fused-ring (bicyclic) bond motifs is 1. The minimum Gasteiger partial charge on any atom is -0.485 e. The zero-order chi connectivity index (χ0) is 14.1. The van der Waals surface area contributed by atoms with E-state index >= 15 is 0 Å². The quantitative estimate of drug-likeness (QED) is 0.909. The molecule has 0 amide bonds. The lowest BCUT2D eigenvalue weighted by Crippen LogP contribution is -2.30. The van der Waals surface area contributed by atoms with E-state index in [9.17, 15) is 0 Å². The molecule has 1 saturated heterocycles. The van der Waals surface area contributed by atoms with E-state index in [1.54, 1.807) is 0 Å². The van der Waals surface area contributed by atoms with Gasteiger partial charge in [0.2, 0.25) is 11.7 Å². The molecule has 0 radical (unpaired) electrons. The molecule has 2 aliphatic rings. The molecule has 1 fully saturated rings. The van der Waals surface area contributed by atoms with Crippen LogP contribution in [0.15, 0.2) is 28.8 Å². The maximum Gasteiger partial charge on any atom is 0.244 e. The van der Waals surface area contributed by atoms with Gasteiger partial charge in [-0.2, -0.15) is 16.7 Å². The Morgan fingerprint density at radius 2 is 2.14 bits per heavy atom. The summed E-state index contributed by atoms with van der Waals surface area (Å²) < 4.78 is 16.9. The minimum atomic E-state index is -0.325. The highest BCUT2D eigenvalue weighted by molar-refractivity contribution is 7.99. The van der Waals surface area contributed by atoms with Crippen LogP contribution in [0.25, 0.3) is 0 Å². The number of hydrogen-bond acceptors (Lipinski definition) is 7. The Hall–Kier alpha value is -1.73. The summed E-state index contributed by atoms with van der Waals surface area (Å²) in [6, 6.07) is 7.72. The summed E-state index contributed by atoms with van der Waals surface area (Å²) >= 11 is 1.89. The molecule has 2 unspecified atom stereocenters. The van der Waals surface area contributed by atoms with Crippen LogP contribution < -0.4 is 14.8 Å². The fourth-order valence-electron chi connectivity index (χ4n) is 2.39. The predicted octanol–water partition coefficient (Wildman–Crippen LogP) is 1.96. The number of benzene rings is 1. The molecule has 2 atom stereocenters. The monoisotopic (exact) mass is 305 g/mol. The Bertz CT molecular complexity index is 627. The molecule has 21 heavy (non-hydrogen) atoms. The number of aromatic nitrogens is 2. The smallest absolute Gasteiger partial charge is 0.244 e. The first-order valence-corrected chi connectivity index (χ1v) is 8.09. The first-order chi connectivity index (χ1) is 10.4. The zero-order valence-electron chi connectivity index (χ0n) is 11.3. The van der Waals surface area contributed by atoms with Crippen LogP contribution in [0.4, 0.5) is 0 Å². The van der Waals surface area contributed by atoms with Crippen LogP contribution >= 0.6 is 11.8 Å². The molecule has 0 aliphatic carbocycles. The Morgan fingerprint density at radius 3 is 3.00 bits per heavy atom. The van der Waals surface area contributed by atoms with Crippen LogP contribution in [-0.2, 0) is 0 Å². The van der Waals surface area contributed by atoms with Crippen molar-refractivity contribution in [1.82, 2.24) is 15.5 Å². The van der Waals surface area contributed by atoms with Crippen LogP contribution in [0.2, 0.25) is 0 Å². The van der Waals surface area contributed by atoms with E-state index in [2.05, 4.69) is 15.5 Å². The van der Waals surface area contributed by atoms with Crippen molar-refractivity contribution in [1.29, 1.82) is 0 Å². The lowest BCUT2D eigenvalue weighted by Gasteiger charge is -2.24. The standard InChI is InChI=1S/C14H15N3O3S/c1-2-4-11-10(3-1)18-7-12(19-11)13-16-14(20-17-13)9-8-21-6-5-15-9/h1-4,9,12,15H,5-8H2. The second-order valence-electron chi connectivity index (χ2n) is 4.94. The summed E-state index contributed by atoms with van der Waals surface area (Å²) in [5.74, 6) is 4.70. The third kappa shape index (κ3) is 2.58. The molecule has 0 spiro atoms. The van der Waals surface area contributed by atoms with Crippen LogP contribution in [-0.4, -0.2) is 34.8 Å². The van der Waals surface area contributed by atoms with Gasteiger partial charge in [0.15, 0.2) is 17.6 Å². The Morgan fingerprint density at radius 1 is 1.24 bits per heavy atom. The average Bonchev–Trinajstić information content (AvgIpc) is 3.05. The number of hydrogen-bond donors (Lipinski definition) is 1. The summed E-state index contributed by atoms with van der Waals surface area (Å²) in [5.41, 5.74) is 0. The summed E-state index contributed by atoms with van der Waals surface area (Å²) in [6.45, 7) is 1.35. The van der Waals surface area contributed by atoms with Gasteiger partial charge in [-0.3, -0.25) is 0 Å². The second kappa shape index (κ2) is 5.57. The van der Waals surface area contributed by atoms with Gasteiger partial charge in [0, 0.05) is 18.1 Å². The molecule has 3 heterocycles. The highest BCUT2D eigenvalue weighted by Gasteiger charge is 2.29. The normalized spacial score (nSPS) is 24.8. The van der Waals surface area contributed by atoms with Gasteiger partial charge in [0.25, 0.3) is 0 Å². The minimum absolute atomic E-state index is 0.127. The van der Waals surface area contributed by atoms with Gasteiger partial charge >= 0.3 is 0 Å². The molecule has 1 aromatic heterocycles. The van der Waals surface area contributed by atoms with E-state index in [0.29, 0.717) is 24.1 Å². The topological polar surface area (TPSA) is 69.4 Å². The van der Waals surface area contributed by atoms with Gasteiger partial charge in [-0.05, 0) is 12.1 Å². The molecule has 2 aliphatic heterocycles. The van der Waals surface area contributed by atoms with Crippen molar-refractivity contribution in [3.63, 3.8) is 0 Å². The molecule has 110 valence electrons. The Labute approximate surface area is 126 Å². The van der Waals surface area contributed by atoms with Gasteiger partial charge in [-0.25, -0.2) is 0 Å². The van der Waals surface area contributed by atoms with Crippen molar-refractivity contribution in [3.8, 4) is 11.5 Å². The van der Waals surface area contributed by atoms with Crippen molar-refractivity contribution in [2.45, 2.75) is 12.1 Å². The van der Waals surface area contributed by atoms with Crippen LogP contribution in [0.5, 0.6) is 11.5 Å². The molecule has 1 aromatic carbocycles. The van der Waals surface area contributed by atoms with Gasteiger partial charge in [-0.1, -0.05) is 17.3 Å². The fourth-order valence-corrected chi connectivity index (χ4v) is 3.32. The Balaban J connectivity index is 1.51. The highest BCUT2D eigenvalue weighted by atomic mass is 32.2. The summed E-state index contributed by atoms with van der Waals surface area (Å²) in [6.07, 6.45) is -0.325. The van der Waals surface area contributed by atoms with Crippen molar-refractivity contribution in [2.24, 2.45) is 0 Å². The van der Waals surface area contributed by atoms with E-state index in [4.69, 9.17) is 14.0 Å². The second-order valence-corrected chi connectivity index (χ2v) is 6.09. The lowest BCUT2D eigenvalue weighted by atomic mass is 10.2. The van der Waals surface area contributed by atoms with E-state index in [1.807, 2.05) is 36.0 Å². The maximum atomic E-state index is 5.88. The van der Waals surface area contributed by atoms with Crippen molar-refractivity contribution < 1.29 is 14.0 Å². The lowest BCUT2D eigenvalue weighted by molar-refractivity contribution is 0.0832. The van der Waals surface area contributed by atoms with Crippen molar-refractivity contribution in [2.75, 3.05) is 24.7 Å². The number of thioether (sulfide) groups is 1. The first kappa shape index (κ1) is 13.0. The Kier molecular flexibility index (Phi) is 3.44. The van der Waals surface area contributed by atoms with E-state index < -0.39 is 0 Å². The predicted molar refractivity (Wildman–Crippen MR) is 77.7 cm³/mol. The van der Waals surface area contributed by atoms with Crippen molar-refractivity contribution >= 4 is 11.8 Å². The summed E-state index contributed by atoms with van der Waals surface area (Å²) in [4.78, 5) is 4.47. The number of nitrogens with one attached hydrogen (secondary N) is 1. The van der Waals surface area contributed by atoms with Crippen LogP contribution in [0.3, 0.4) is 0 Å². The SMILES string of the molecule is c1ccc2c(c1)OCC(c1noc(C3CSCCN3)n1)O2. The van der Waals surface area contributed by atoms with Crippen LogP contribution in [0, 0.1) is 0 Å². The first-order valence-electron chi connectivity index (χ1n) is 6.93. The van der Waals surface area contributed by atoms with Gasteiger partial charge < -0.3 is 19.3 Å². The molecule has 6 nitrogen and oxygen atoms in total. The summed E-state index contributed by atoms with van der Waals surface area (Å²) in [7, 11) is 0. The van der Waals surface area contributed by atoms with Crippen LogP contribution in [0.1, 0.15) is 23.9 Å². The average molecular weight is 305 g/mol. The van der Waals surface area contributed by atoms with Gasteiger partial charge in [0.1, 0.15) is 6.61 Å². The molecule has 0 saturated carbocycles. The van der Waals surface area contributed by atoms with E-state index in [1.165, 1.54) is 0 Å². The number of nitrogens with zero attached hydrogens (tertiary/aromatic N) is 2. The van der Waals surface area contributed by atoms with Crippen molar-refractivity contribution in [3.05, 3.63) is 36.0 Å². The molecule has 7 heteroatoms. The zero-order valence-corrected chi connectivity index (χ0v) is 12.1. The fraction of sp³-hybridized carbons (Fsp3) is 0.429. The van der Waals surface area contributed by atoms with Gasteiger partial charge in [-0.15, -0.1) is 0 Å². The number of para-hydroxylation sites is 2. The largest absolute Gasteiger partial charge is 0.485 e. The van der Waals surface area contributed by atoms with Gasteiger partial charge in [0.05, 0.1) is 6.04 Å². The molecule has 2 aromatic rings. The summed E-state index contributed by atoms with van der Waals surface area (Å²) in [5, 5.41) is 7.43. The maximum absolute atomic E-state index is 5.88. The number of ether oxygens (including phenoxy) is 2. The molecule has 0 bridgehead atoms. The number of rotatable bonds is 2. The molecular weight excluding hydrogens is 290 g/mol. The highest BCUT2D eigenvalue weighted by Crippen LogP contribution is 2.35.